The van der Waals surface area contributed by atoms with Crippen LogP contribution in [0.25, 0.3) is 0 Å². The standard InChI is InChI=1S/C30H59NO6Si2/c1-16-17-18-19-20-21(2)23(36-38(12,13)29(6,7)8)24-22(31-27(33)35-28(3,4)5)25(26(32)34-24)37-39(14,15)30(9,10)11/h16,21-25H,1,17-20H2,2-15H3,(H,31,33)/t21-,22+,23-,24-,25-/m0/s1. The third-order valence-electron chi connectivity index (χ3n) is 8.52. The molecule has 0 unspecified atom stereocenters. The van der Waals surface area contributed by atoms with Gasteiger partial charge in [-0.3, -0.25) is 0 Å². The van der Waals surface area contributed by atoms with Crippen molar-refractivity contribution in [3.05, 3.63) is 12.7 Å². The zero-order valence-corrected chi connectivity index (χ0v) is 29.4. The van der Waals surface area contributed by atoms with Crippen LogP contribution in [0, 0.1) is 5.92 Å². The van der Waals surface area contributed by atoms with Gasteiger partial charge in [0.1, 0.15) is 11.6 Å². The van der Waals surface area contributed by atoms with Gasteiger partial charge in [-0.05, 0) is 82.2 Å². The number of cyclic esters (lactones) is 1. The van der Waals surface area contributed by atoms with Crippen LogP contribution in [0.4, 0.5) is 4.79 Å². The van der Waals surface area contributed by atoms with Crippen molar-refractivity contribution in [3.63, 3.8) is 0 Å². The summed E-state index contributed by atoms with van der Waals surface area (Å²) in [5, 5.41) is 2.82. The maximum atomic E-state index is 13.5. The second kappa shape index (κ2) is 13.2. The number of unbranched alkanes of at least 4 members (excludes halogenated alkanes) is 2. The number of hydrogen-bond acceptors (Lipinski definition) is 6. The van der Waals surface area contributed by atoms with E-state index < -0.39 is 58.7 Å². The summed E-state index contributed by atoms with van der Waals surface area (Å²) in [6, 6.07) is -0.730. The molecule has 1 N–H and O–H groups in total. The van der Waals surface area contributed by atoms with Crippen LogP contribution in [0.1, 0.15) is 94.9 Å². The summed E-state index contributed by atoms with van der Waals surface area (Å²) < 4.78 is 25.4. The fraction of sp³-hybridized carbons (Fsp3) is 0.867. The quantitative estimate of drug-likeness (QED) is 0.108. The Morgan fingerprint density at radius 3 is 2.00 bits per heavy atom. The summed E-state index contributed by atoms with van der Waals surface area (Å²) in [6.07, 6.45) is 3.26. The highest BCUT2D eigenvalue weighted by atomic mass is 28.4. The van der Waals surface area contributed by atoms with E-state index in [-0.39, 0.29) is 16.0 Å². The van der Waals surface area contributed by atoms with Crippen molar-refractivity contribution in [3.8, 4) is 0 Å². The fourth-order valence-electron chi connectivity index (χ4n) is 4.03. The number of hydrogen-bond donors (Lipinski definition) is 1. The van der Waals surface area contributed by atoms with Gasteiger partial charge in [0.25, 0.3) is 0 Å². The molecule has 5 atom stereocenters. The molecule has 0 saturated carbocycles. The van der Waals surface area contributed by atoms with Gasteiger partial charge in [0.05, 0.1) is 6.10 Å². The summed E-state index contributed by atoms with van der Waals surface area (Å²) in [5.74, 6) is -0.357. The van der Waals surface area contributed by atoms with Crippen LogP contribution in [-0.2, 0) is 23.1 Å². The van der Waals surface area contributed by atoms with E-state index in [4.69, 9.17) is 18.3 Å². The van der Waals surface area contributed by atoms with Crippen LogP contribution in [0.2, 0.25) is 36.3 Å². The number of allylic oxidation sites excluding steroid dienone is 1. The summed E-state index contributed by atoms with van der Waals surface area (Å²) >= 11 is 0. The molecule has 0 aromatic carbocycles. The van der Waals surface area contributed by atoms with Crippen molar-refractivity contribution in [2.45, 2.75) is 161 Å². The third-order valence-corrected chi connectivity index (χ3v) is 17.4. The number of esters is 1. The molecule has 0 radical (unpaired) electrons. The Kier molecular flexibility index (Phi) is 12.1. The largest absolute Gasteiger partial charge is 0.455 e. The van der Waals surface area contributed by atoms with Crippen LogP contribution < -0.4 is 5.32 Å². The minimum Gasteiger partial charge on any atom is -0.455 e. The predicted molar refractivity (Wildman–Crippen MR) is 165 cm³/mol. The Morgan fingerprint density at radius 1 is 1.00 bits per heavy atom. The van der Waals surface area contributed by atoms with E-state index in [1.165, 1.54) is 0 Å². The van der Waals surface area contributed by atoms with E-state index >= 15 is 0 Å². The molecule has 1 saturated heterocycles. The van der Waals surface area contributed by atoms with E-state index in [0.29, 0.717) is 0 Å². The second-order valence-electron chi connectivity index (χ2n) is 15.3. The minimum atomic E-state index is -2.38. The van der Waals surface area contributed by atoms with Gasteiger partial charge in [-0.25, -0.2) is 9.59 Å². The van der Waals surface area contributed by atoms with Crippen molar-refractivity contribution in [2.75, 3.05) is 0 Å². The second-order valence-corrected chi connectivity index (χ2v) is 24.8. The smallest absolute Gasteiger partial charge is 0.408 e. The first kappa shape index (κ1) is 35.9. The molecule has 7 nitrogen and oxygen atoms in total. The van der Waals surface area contributed by atoms with Crippen molar-refractivity contribution < 1.29 is 27.9 Å². The SMILES string of the molecule is C=CCCCC[C@H](C)[C@H](O[Si](C)(C)C(C)(C)C)[C@H]1OC(=O)[C@@H](O[Si](C)(C)C(C)(C)C)[C@@H]1NC(=O)OC(C)(C)C. The maximum Gasteiger partial charge on any atom is 0.408 e. The van der Waals surface area contributed by atoms with Gasteiger partial charge < -0.3 is 23.6 Å². The molecular formula is C30H59NO6Si2. The van der Waals surface area contributed by atoms with E-state index in [0.717, 1.165) is 25.7 Å². The zero-order chi connectivity index (χ0) is 30.6. The lowest BCUT2D eigenvalue weighted by Crippen LogP contribution is -2.59. The Labute approximate surface area is 241 Å². The maximum absolute atomic E-state index is 13.5. The minimum absolute atomic E-state index is 0.0401. The number of ether oxygens (including phenoxy) is 2. The van der Waals surface area contributed by atoms with Crippen molar-refractivity contribution in [1.29, 1.82) is 0 Å². The highest BCUT2D eigenvalue weighted by molar-refractivity contribution is 6.74. The van der Waals surface area contributed by atoms with Gasteiger partial charge in [0.2, 0.25) is 0 Å². The lowest BCUT2D eigenvalue weighted by molar-refractivity contribution is -0.150. The molecule has 1 aliphatic rings. The molecular weight excluding hydrogens is 527 g/mol. The monoisotopic (exact) mass is 585 g/mol. The fourth-order valence-corrected chi connectivity index (χ4v) is 6.66. The number of carbonyl (C=O) groups excluding carboxylic acids is 2. The molecule has 1 aliphatic heterocycles. The zero-order valence-electron chi connectivity index (χ0n) is 27.4. The third kappa shape index (κ3) is 10.3. The van der Waals surface area contributed by atoms with Gasteiger partial charge in [-0.15, -0.1) is 6.58 Å². The molecule has 0 aromatic rings. The Bertz CT molecular complexity index is 838. The normalized spacial score (nSPS) is 22.7. The van der Waals surface area contributed by atoms with E-state index in [2.05, 4.69) is 86.5 Å². The Balaban J connectivity index is 3.52. The van der Waals surface area contributed by atoms with E-state index in [1.54, 1.807) is 0 Å². The van der Waals surface area contributed by atoms with Crippen molar-refractivity contribution in [1.82, 2.24) is 5.32 Å². The van der Waals surface area contributed by atoms with Crippen LogP contribution >= 0.6 is 0 Å². The van der Waals surface area contributed by atoms with Gasteiger partial charge in [-0.1, -0.05) is 61.0 Å². The van der Waals surface area contributed by atoms with Gasteiger partial charge in [0, 0.05) is 0 Å². The molecule has 228 valence electrons. The molecule has 1 fully saturated rings. The van der Waals surface area contributed by atoms with Crippen LogP contribution in [0.5, 0.6) is 0 Å². The summed E-state index contributed by atoms with van der Waals surface area (Å²) in [6.45, 7) is 33.1. The molecule has 39 heavy (non-hydrogen) atoms. The van der Waals surface area contributed by atoms with Gasteiger partial charge >= 0.3 is 12.1 Å². The molecule has 1 heterocycles. The van der Waals surface area contributed by atoms with Crippen LogP contribution in [-0.4, -0.2) is 58.7 Å². The predicted octanol–water partition coefficient (Wildman–Crippen LogP) is 7.97. The van der Waals surface area contributed by atoms with Gasteiger partial charge in [0.15, 0.2) is 28.8 Å². The molecule has 0 aromatic heterocycles. The lowest BCUT2D eigenvalue weighted by atomic mass is 9.90. The number of rotatable bonds is 12. The molecule has 0 aliphatic carbocycles. The first-order valence-electron chi connectivity index (χ1n) is 14.6. The molecule has 0 bridgehead atoms. The van der Waals surface area contributed by atoms with E-state index in [1.807, 2.05) is 26.8 Å². The van der Waals surface area contributed by atoms with Crippen LogP contribution in [0.3, 0.4) is 0 Å². The first-order valence-corrected chi connectivity index (χ1v) is 20.4. The topological polar surface area (TPSA) is 83.1 Å². The molecule has 1 amide bonds. The average Bonchev–Trinajstić information content (AvgIpc) is 3.00. The summed E-state index contributed by atoms with van der Waals surface area (Å²) in [5.41, 5.74) is -0.686. The number of carbonyl (C=O) groups is 2. The lowest BCUT2D eigenvalue weighted by Gasteiger charge is -2.43. The van der Waals surface area contributed by atoms with Crippen molar-refractivity contribution >= 4 is 28.7 Å². The Morgan fingerprint density at radius 2 is 1.54 bits per heavy atom. The highest BCUT2D eigenvalue weighted by Gasteiger charge is 2.56. The Hall–Kier alpha value is -1.17. The molecule has 0 spiro atoms. The van der Waals surface area contributed by atoms with Gasteiger partial charge in [-0.2, -0.15) is 0 Å². The summed E-state index contributed by atoms with van der Waals surface area (Å²) in [7, 11) is -4.65. The molecule has 9 heteroatoms. The number of nitrogens with one attached hydrogen (secondary N) is 1. The van der Waals surface area contributed by atoms with Crippen LogP contribution in [0.15, 0.2) is 12.7 Å². The summed E-state index contributed by atoms with van der Waals surface area (Å²) in [4.78, 5) is 26.6. The number of alkyl carbamates (subject to hydrolysis) is 1. The number of amides is 1. The average molecular weight is 586 g/mol. The molecule has 1 rings (SSSR count). The van der Waals surface area contributed by atoms with E-state index in [9.17, 15) is 9.59 Å². The highest BCUT2D eigenvalue weighted by Crippen LogP contribution is 2.42. The first-order chi connectivity index (χ1) is 17.4. The van der Waals surface area contributed by atoms with Crippen molar-refractivity contribution in [2.24, 2.45) is 5.92 Å².